The number of rotatable bonds is 5. The summed E-state index contributed by atoms with van der Waals surface area (Å²) < 4.78 is 0. The number of benzene rings is 2. The summed E-state index contributed by atoms with van der Waals surface area (Å²) >= 11 is 17.7. The van der Waals surface area contributed by atoms with E-state index in [9.17, 15) is 14.7 Å². The van der Waals surface area contributed by atoms with Crippen molar-refractivity contribution in [3.63, 3.8) is 0 Å². The van der Waals surface area contributed by atoms with Crippen LogP contribution in [-0.4, -0.2) is 16.9 Å². The monoisotopic (exact) mass is 414 g/mol. The van der Waals surface area contributed by atoms with E-state index in [4.69, 9.17) is 34.8 Å². The smallest absolute Gasteiger partial charge is 0.256 e. The van der Waals surface area contributed by atoms with Crippen molar-refractivity contribution in [1.82, 2.24) is 5.32 Å². The number of amides is 2. The fourth-order valence-electron chi connectivity index (χ4n) is 2.06. The van der Waals surface area contributed by atoms with Crippen LogP contribution in [0.3, 0.4) is 0 Å². The number of phenolic OH excluding ortho intramolecular Hbond substituents is 1. The molecule has 0 unspecified atom stereocenters. The Morgan fingerprint density at radius 3 is 2.27 bits per heavy atom. The van der Waals surface area contributed by atoms with E-state index in [1.54, 1.807) is 24.3 Å². The third kappa shape index (κ3) is 4.81. The molecule has 0 saturated carbocycles. The van der Waals surface area contributed by atoms with Gasteiger partial charge in [0.15, 0.2) is 0 Å². The average Bonchev–Trinajstić information content (AvgIpc) is 2.59. The molecule has 0 spiro atoms. The quantitative estimate of drug-likeness (QED) is 0.609. The highest BCUT2D eigenvalue weighted by Crippen LogP contribution is 2.38. The maximum Gasteiger partial charge on any atom is 0.256 e. The van der Waals surface area contributed by atoms with Crippen LogP contribution in [0.5, 0.6) is 5.75 Å². The predicted molar refractivity (Wildman–Crippen MR) is 104 cm³/mol. The number of nitrogens with one attached hydrogen (secondary N) is 2. The van der Waals surface area contributed by atoms with Gasteiger partial charge in [0, 0.05) is 18.2 Å². The molecule has 5 nitrogen and oxygen atoms in total. The second-order valence-corrected chi connectivity index (χ2v) is 7.09. The van der Waals surface area contributed by atoms with Crippen molar-refractivity contribution >= 4 is 52.3 Å². The maximum atomic E-state index is 12.3. The van der Waals surface area contributed by atoms with Gasteiger partial charge in [0.1, 0.15) is 11.3 Å². The number of carbonyl (C=O) groups excluding carboxylic acids is 2. The van der Waals surface area contributed by atoms with Gasteiger partial charge in [-0.2, -0.15) is 0 Å². The summed E-state index contributed by atoms with van der Waals surface area (Å²) in [5.74, 6) is -1.22. The van der Waals surface area contributed by atoms with Crippen LogP contribution in [0.2, 0.25) is 15.1 Å². The van der Waals surface area contributed by atoms with Crippen LogP contribution in [0.25, 0.3) is 0 Å². The summed E-state index contributed by atoms with van der Waals surface area (Å²) in [6.07, 6.45) is 0. The highest BCUT2D eigenvalue weighted by atomic mass is 35.5. The average molecular weight is 416 g/mol. The second-order valence-electron chi connectivity index (χ2n) is 5.90. The Balaban J connectivity index is 2.05. The number of halogens is 3. The van der Waals surface area contributed by atoms with E-state index in [-0.39, 0.29) is 39.0 Å². The van der Waals surface area contributed by atoms with Gasteiger partial charge in [0.05, 0.1) is 15.1 Å². The van der Waals surface area contributed by atoms with E-state index in [0.717, 1.165) is 5.56 Å². The van der Waals surface area contributed by atoms with Gasteiger partial charge >= 0.3 is 0 Å². The summed E-state index contributed by atoms with van der Waals surface area (Å²) in [4.78, 5) is 24.0. The molecule has 26 heavy (non-hydrogen) atoms. The number of hydrogen-bond acceptors (Lipinski definition) is 3. The van der Waals surface area contributed by atoms with Gasteiger partial charge in [0.25, 0.3) is 5.91 Å². The first-order valence-electron chi connectivity index (χ1n) is 7.75. The highest BCUT2D eigenvalue weighted by Gasteiger charge is 2.21. The van der Waals surface area contributed by atoms with Gasteiger partial charge in [-0.25, -0.2) is 0 Å². The molecule has 0 fully saturated rings. The summed E-state index contributed by atoms with van der Waals surface area (Å²) in [7, 11) is 0. The van der Waals surface area contributed by atoms with E-state index >= 15 is 0 Å². The molecule has 2 aromatic carbocycles. The summed E-state index contributed by atoms with van der Waals surface area (Å²) in [5.41, 5.74) is 1.29. The van der Waals surface area contributed by atoms with Crippen molar-refractivity contribution in [1.29, 1.82) is 0 Å². The largest absolute Gasteiger partial charge is 0.505 e. The fraction of sp³-hybridized carbons (Fsp3) is 0.222. The molecule has 0 aromatic heterocycles. The Morgan fingerprint density at radius 1 is 1.08 bits per heavy atom. The standard InChI is InChI=1S/C18H17Cl3N2O3/c1-9(2)17(25)23-11-5-3-10(4-6-11)8-22-18(26)14-15(21)12(19)7-13(20)16(14)24/h3-7,9,24H,8H2,1-2H3,(H,22,26)(H,23,25). The lowest BCUT2D eigenvalue weighted by atomic mass is 10.1. The normalized spacial score (nSPS) is 10.7. The number of hydrogen-bond donors (Lipinski definition) is 3. The molecule has 0 bridgehead atoms. The molecule has 0 aliphatic carbocycles. The number of carbonyl (C=O) groups is 2. The van der Waals surface area contributed by atoms with Gasteiger partial charge in [-0.1, -0.05) is 60.8 Å². The predicted octanol–water partition coefficient (Wildman–Crippen LogP) is 4.88. The van der Waals surface area contributed by atoms with Gasteiger partial charge in [-0.15, -0.1) is 0 Å². The van der Waals surface area contributed by atoms with Crippen molar-refractivity contribution in [3.05, 3.63) is 56.5 Å². The van der Waals surface area contributed by atoms with Crippen molar-refractivity contribution in [3.8, 4) is 5.75 Å². The SMILES string of the molecule is CC(C)C(=O)Nc1ccc(CNC(=O)c2c(O)c(Cl)cc(Cl)c2Cl)cc1. The Hall–Kier alpha value is -1.95. The molecule has 138 valence electrons. The van der Waals surface area contributed by atoms with Crippen LogP contribution in [0.4, 0.5) is 5.69 Å². The highest BCUT2D eigenvalue weighted by molar-refractivity contribution is 6.45. The van der Waals surface area contributed by atoms with Crippen LogP contribution in [-0.2, 0) is 11.3 Å². The molecular formula is C18H17Cl3N2O3. The summed E-state index contributed by atoms with van der Waals surface area (Å²) in [5, 5.41) is 15.3. The fourth-order valence-corrected chi connectivity index (χ4v) is 2.75. The number of phenols is 1. The van der Waals surface area contributed by atoms with E-state index < -0.39 is 11.7 Å². The van der Waals surface area contributed by atoms with Crippen molar-refractivity contribution < 1.29 is 14.7 Å². The van der Waals surface area contributed by atoms with Crippen LogP contribution in [0, 0.1) is 5.92 Å². The van der Waals surface area contributed by atoms with Crippen LogP contribution >= 0.6 is 34.8 Å². The third-order valence-electron chi connectivity index (χ3n) is 3.57. The number of anilines is 1. The van der Waals surface area contributed by atoms with E-state index in [0.29, 0.717) is 5.69 Å². The Labute approximate surface area is 166 Å². The molecule has 2 amide bonds. The lowest BCUT2D eigenvalue weighted by Gasteiger charge is -2.12. The summed E-state index contributed by atoms with van der Waals surface area (Å²) in [6, 6.07) is 8.28. The molecule has 0 radical (unpaired) electrons. The van der Waals surface area contributed by atoms with Crippen molar-refractivity contribution in [2.75, 3.05) is 5.32 Å². The van der Waals surface area contributed by atoms with Gasteiger partial charge in [0.2, 0.25) is 5.91 Å². The Bertz CT molecular complexity index is 810. The minimum absolute atomic E-state index is 0.0604. The zero-order chi connectivity index (χ0) is 19.4. The molecule has 0 saturated heterocycles. The lowest BCUT2D eigenvalue weighted by molar-refractivity contribution is -0.118. The molecule has 3 N–H and O–H groups in total. The molecule has 0 aliphatic heterocycles. The zero-order valence-electron chi connectivity index (χ0n) is 14.1. The first-order chi connectivity index (χ1) is 12.2. The van der Waals surface area contributed by atoms with Gasteiger partial charge < -0.3 is 15.7 Å². The zero-order valence-corrected chi connectivity index (χ0v) is 16.3. The van der Waals surface area contributed by atoms with Crippen LogP contribution < -0.4 is 10.6 Å². The van der Waals surface area contributed by atoms with E-state index in [1.807, 2.05) is 13.8 Å². The van der Waals surface area contributed by atoms with Crippen LogP contribution in [0.1, 0.15) is 29.8 Å². The summed E-state index contributed by atoms with van der Waals surface area (Å²) in [6.45, 7) is 3.81. The van der Waals surface area contributed by atoms with Gasteiger partial charge in [-0.05, 0) is 23.8 Å². The van der Waals surface area contributed by atoms with E-state index in [2.05, 4.69) is 10.6 Å². The molecule has 0 aliphatic rings. The minimum atomic E-state index is -0.603. The Kier molecular flexibility index (Phi) is 6.75. The van der Waals surface area contributed by atoms with Gasteiger partial charge in [-0.3, -0.25) is 9.59 Å². The number of aromatic hydroxyl groups is 1. The second kappa shape index (κ2) is 8.62. The third-order valence-corrected chi connectivity index (χ3v) is 4.65. The molecule has 8 heteroatoms. The van der Waals surface area contributed by atoms with Crippen molar-refractivity contribution in [2.24, 2.45) is 5.92 Å². The topological polar surface area (TPSA) is 78.4 Å². The molecule has 0 atom stereocenters. The molecule has 2 rings (SSSR count). The first-order valence-corrected chi connectivity index (χ1v) is 8.88. The first kappa shape index (κ1) is 20.4. The molecular weight excluding hydrogens is 399 g/mol. The maximum absolute atomic E-state index is 12.3. The molecule has 0 heterocycles. The lowest BCUT2D eigenvalue weighted by Crippen LogP contribution is -2.23. The minimum Gasteiger partial charge on any atom is -0.505 e. The molecule has 2 aromatic rings. The Morgan fingerprint density at radius 2 is 1.69 bits per heavy atom. The van der Waals surface area contributed by atoms with Crippen LogP contribution in [0.15, 0.2) is 30.3 Å². The van der Waals surface area contributed by atoms with E-state index in [1.165, 1.54) is 6.07 Å². The van der Waals surface area contributed by atoms with Crippen molar-refractivity contribution in [2.45, 2.75) is 20.4 Å².